The molecule has 25 heavy (non-hydrogen) atoms. The van der Waals surface area contributed by atoms with Crippen LogP contribution in [0.3, 0.4) is 0 Å². The summed E-state index contributed by atoms with van der Waals surface area (Å²) in [6.45, 7) is 0. The topological polar surface area (TPSA) is 77.1 Å². The van der Waals surface area contributed by atoms with Crippen molar-refractivity contribution in [2.75, 3.05) is 5.32 Å². The van der Waals surface area contributed by atoms with E-state index in [-0.39, 0.29) is 11.7 Å². The molecule has 0 unspecified atom stereocenters. The third-order valence-electron chi connectivity index (χ3n) is 3.67. The zero-order chi connectivity index (χ0) is 17.4. The first-order valence-corrected chi connectivity index (χ1v) is 7.52. The highest BCUT2D eigenvalue weighted by atomic mass is 19.1. The number of halogens is 1. The second kappa shape index (κ2) is 5.82. The lowest BCUT2D eigenvalue weighted by Gasteiger charge is -2.05. The van der Waals surface area contributed by atoms with Crippen LogP contribution in [-0.4, -0.2) is 30.3 Å². The van der Waals surface area contributed by atoms with Gasteiger partial charge >= 0.3 is 0 Å². The predicted molar refractivity (Wildman–Crippen MR) is 89.5 cm³/mol. The van der Waals surface area contributed by atoms with Gasteiger partial charge in [-0.05, 0) is 30.3 Å². The van der Waals surface area contributed by atoms with Gasteiger partial charge in [-0.1, -0.05) is 12.1 Å². The van der Waals surface area contributed by atoms with Crippen molar-refractivity contribution in [1.82, 2.24) is 24.4 Å². The van der Waals surface area contributed by atoms with E-state index in [4.69, 9.17) is 0 Å². The maximum Gasteiger partial charge on any atom is 0.277 e. The monoisotopic (exact) mass is 336 g/mol. The Balaban J connectivity index is 1.70. The van der Waals surface area contributed by atoms with Crippen molar-refractivity contribution in [3.8, 4) is 11.3 Å². The molecular weight excluding hydrogens is 323 g/mol. The molecule has 3 heterocycles. The molecule has 0 saturated carbocycles. The molecule has 0 bridgehead atoms. The second-order valence-corrected chi connectivity index (χ2v) is 5.47. The van der Waals surface area contributed by atoms with Crippen molar-refractivity contribution >= 4 is 17.4 Å². The largest absolute Gasteiger partial charge is 0.304 e. The van der Waals surface area contributed by atoms with Crippen LogP contribution in [0.4, 0.5) is 10.2 Å². The molecule has 0 spiro atoms. The molecule has 0 aliphatic carbocycles. The van der Waals surface area contributed by atoms with E-state index in [2.05, 4.69) is 20.5 Å². The average molecular weight is 336 g/mol. The van der Waals surface area contributed by atoms with Crippen molar-refractivity contribution in [3.63, 3.8) is 0 Å². The first-order chi connectivity index (χ1) is 12.1. The number of carbonyl (C=O) groups is 1. The van der Waals surface area contributed by atoms with Crippen molar-refractivity contribution < 1.29 is 9.18 Å². The van der Waals surface area contributed by atoms with Gasteiger partial charge in [0.2, 0.25) is 0 Å². The molecule has 0 aliphatic rings. The molecule has 1 amide bonds. The normalized spacial score (nSPS) is 11.0. The van der Waals surface area contributed by atoms with Crippen molar-refractivity contribution in [1.29, 1.82) is 0 Å². The van der Waals surface area contributed by atoms with Crippen LogP contribution in [0.1, 0.15) is 10.5 Å². The summed E-state index contributed by atoms with van der Waals surface area (Å²) in [5.74, 6) is -0.356. The number of amides is 1. The minimum Gasteiger partial charge on any atom is -0.304 e. The van der Waals surface area contributed by atoms with E-state index in [1.165, 1.54) is 12.1 Å². The summed E-state index contributed by atoms with van der Waals surface area (Å²) in [5.41, 5.74) is 2.16. The molecule has 124 valence electrons. The Hall–Kier alpha value is -3.55. The standard InChI is InChI=1S/C17H13FN6O/c1-23-8-7-13(21-23)17(25)20-15-5-6-16-19-10-14(24(16)22-15)11-3-2-4-12(18)9-11/h2-10H,1H3,(H,20,22,25). The van der Waals surface area contributed by atoms with Gasteiger partial charge < -0.3 is 5.32 Å². The number of hydrogen-bond donors (Lipinski definition) is 1. The van der Waals surface area contributed by atoms with Crippen LogP contribution in [0.5, 0.6) is 0 Å². The van der Waals surface area contributed by atoms with Gasteiger partial charge in [-0.3, -0.25) is 9.48 Å². The Bertz CT molecular complexity index is 1080. The number of rotatable bonds is 3. The van der Waals surface area contributed by atoms with Gasteiger partial charge in [0.1, 0.15) is 5.82 Å². The van der Waals surface area contributed by atoms with Crippen LogP contribution >= 0.6 is 0 Å². The Morgan fingerprint density at radius 1 is 1.16 bits per heavy atom. The molecular formula is C17H13FN6O. The van der Waals surface area contributed by atoms with Crippen LogP contribution in [0.15, 0.2) is 54.9 Å². The van der Waals surface area contributed by atoms with E-state index in [1.807, 2.05) is 0 Å². The number of carbonyl (C=O) groups excluding carboxylic acids is 1. The lowest BCUT2D eigenvalue weighted by Crippen LogP contribution is -2.15. The van der Waals surface area contributed by atoms with Gasteiger partial charge in [0, 0.05) is 18.8 Å². The first kappa shape index (κ1) is 15.0. The number of imidazole rings is 1. The molecule has 0 radical (unpaired) electrons. The Labute approximate surface area is 141 Å². The summed E-state index contributed by atoms with van der Waals surface area (Å²) in [6.07, 6.45) is 3.30. The second-order valence-electron chi connectivity index (χ2n) is 5.47. The van der Waals surface area contributed by atoms with Gasteiger partial charge in [0.15, 0.2) is 17.2 Å². The van der Waals surface area contributed by atoms with Crippen LogP contribution < -0.4 is 5.32 Å². The number of benzene rings is 1. The number of aromatic nitrogens is 5. The Kier molecular flexibility index (Phi) is 3.50. The fourth-order valence-electron chi connectivity index (χ4n) is 2.50. The lowest BCUT2D eigenvalue weighted by atomic mass is 10.2. The highest BCUT2D eigenvalue weighted by molar-refractivity contribution is 6.02. The highest BCUT2D eigenvalue weighted by Crippen LogP contribution is 2.21. The van der Waals surface area contributed by atoms with Crippen LogP contribution in [0.25, 0.3) is 16.9 Å². The lowest BCUT2D eigenvalue weighted by molar-refractivity contribution is 0.102. The summed E-state index contributed by atoms with van der Waals surface area (Å²) in [4.78, 5) is 16.5. The fourth-order valence-corrected chi connectivity index (χ4v) is 2.50. The third-order valence-corrected chi connectivity index (χ3v) is 3.67. The molecule has 3 aromatic heterocycles. The third kappa shape index (κ3) is 2.85. The molecule has 0 saturated heterocycles. The number of anilines is 1. The summed E-state index contributed by atoms with van der Waals surface area (Å²) in [6, 6.07) is 11.2. The number of hydrogen-bond acceptors (Lipinski definition) is 4. The van der Waals surface area contributed by atoms with Crippen molar-refractivity contribution in [3.05, 3.63) is 66.4 Å². The summed E-state index contributed by atoms with van der Waals surface area (Å²) in [5, 5.41) is 11.1. The Morgan fingerprint density at radius 2 is 2.04 bits per heavy atom. The van der Waals surface area contributed by atoms with Crippen LogP contribution in [0, 0.1) is 5.82 Å². The highest BCUT2D eigenvalue weighted by Gasteiger charge is 2.12. The summed E-state index contributed by atoms with van der Waals surface area (Å²) >= 11 is 0. The quantitative estimate of drug-likeness (QED) is 0.624. The Morgan fingerprint density at radius 3 is 2.80 bits per heavy atom. The van der Waals surface area contributed by atoms with E-state index in [9.17, 15) is 9.18 Å². The SMILES string of the molecule is Cn1ccc(C(=O)Nc2ccc3ncc(-c4cccc(F)c4)n3n2)n1. The van der Waals surface area contributed by atoms with Gasteiger partial charge in [0.25, 0.3) is 5.91 Å². The van der Waals surface area contributed by atoms with Gasteiger partial charge in [0.05, 0.1) is 11.9 Å². The maximum absolute atomic E-state index is 13.5. The minimum atomic E-state index is -0.361. The summed E-state index contributed by atoms with van der Waals surface area (Å²) in [7, 11) is 1.73. The van der Waals surface area contributed by atoms with E-state index >= 15 is 0 Å². The molecule has 0 atom stereocenters. The van der Waals surface area contributed by atoms with E-state index in [0.29, 0.717) is 28.4 Å². The molecule has 0 aliphatic heterocycles. The zero-order valence-corrected chi connectivity index (χ0v) is 13.2. The van der Waals surface area contributed by atoms with Crippen molar-refractivity contribution in [2.24, 2.45) is 7.05 Å². The fraction of sp³-hybridized carbons (Fsp3) is 0.0588. The molecule has 0 fully saturated rings. The molecule has 1 aromatic carbocycles. The molecule has 4 rings (SSSR count). The summed E-state index contributed by atoms with van der Waals surface area (Å²) < 4.78 is 16.6. The minimum absolute atomic E-state index is 0.292. The average Bonchev–Trinajstić information content (AvgIpc) is 3.21. The van der Waals surface area contributed by atoms with Gasteiger partial charge in [-0.15, -0.1) is 5.10 Å². The maximum atomic E-state index is 13.5. The number of nitrogens with one attached hydrogen (secondary N) is 1. The number of aryl methyl sites for hydroxylation is 1. The zero-order valence-electron chi connectivity index (χ0n) is 13.2. The van der Waals surface area contributed by atoms with Gasteiger partial charge in [-0.2, -0.15) is 5.10 Å². The van der Waals surface area contributed by atoms with Crippen molar-refractivity contribution in [2.45, 2.75) is 0 Å². The molecule has 7 nitrogen and oxygen atoms in total. The molecule has 8 heteroatoms. The smallest absolute Gasteiger partial charge is 0.277 e. The van der Waals surface area contributed by atoms with Gasteiger partial charge in [-0.25, -0.2) is 13.9 Å². The predicted octanol–water partition coefficient (Wildman–Crippen LogP) is 2.52. The van der Waals surface area contributed by atoms with E-state index in [0.717, 1.165) is 0 Å². The van der Waals surface area contributed by atoms with Crippen LogP contribution in [-0.2, 0) is 7.05 Å². The first-order valence-electron chi connectivity index (χ1n) is 7.52. The van der Waals surface area contributed by atoms with E-state index in [1.54, 1.807) is 59.0 Å². The van der Waals surface area contributed by atoms with Crippen LogP contribution in [0.2, 0.25) is 0 Å². The number of fused-ring (bicyclic) bond motifs is 1. The molecule has 1 N–H and O–H groups in total. The molecule has 4 aromatic rings. The van der Waals surface area contributed by atoms with E-state index < -0.39 is 0 Å². The number of nitrogens with zero attached hydrogens (tertiary/aromatic N) is 5.